The number of pyridine rings is 1. The highest BCUT2D eigenvalue weighted by molar-refractivity contribution is 6.06. The molecule has 3 rings (SSSR count). The van der Waals surface area contributed by atoms with E-state index in [1.165, 1.54) is 0 Å². The van der Waals surface area contributed by atoms with E-state index in [1.54, 1.807) is 0 Å². The zero-order valence-electron chi connectivity index (χ0n) is 10.2. The average Bonchev–Trinajstić information content (AvgIpc) is 2.81. The van der Waals surface area contributed by atoms with E-state index >= 15 is 0 Å². The second-order valence-corrected chi connectivity index (χ2v) is 4.25. The van der Waals surface area contributed by atoms with Gasteiger partial charge in [-0.25, -0.2) is 9.97 Å². The van der Waals surface area contributed by atoms with Crippen LogP contribution in [0, 0.1) is 0 Å². The number of imidazole rings is 1. The highest BCUT2D eigenvalue weighted by Crippen LogP contribution is 2.26. The molecule has 4 N–H and O–H groups in total. The molecule has 0 radical (unpaired) electrons. The van der Waals surface area contributed by atoms with Crippen LogP contribution in [-0.2, 0) is 0 Å². The Kier molecular flexibility index (Phi) is 2.51. The minimum Gasteiger partial charge on any atom is -0.382 e. The maximum atomic E-state index is 5.94. The van der Waals surface area contributed by atoms with E-state index in [9.17, 15) is 0 Å². The van der Waals surface area contributed by atoms with Gasteiger partial charge in [-0.2, -0.15) is 0 Å². The molecule has 0 unspecified atom stereocenters. The molecule has 1 aromatic carbocycles. The summed E-state index contributed by atoms with van der Waals surface area (Å²) in [7, 11) is 0. The van der Waals surface area contributed by atoms with Gasteiger partial charge in [0.2, 0.25) is 5.95 Å². The maximum absolute atomic E-state index is 5.94. The van der Waals surface area contributed by atoms with Crippen molar-refractivity contribution in [1.29, 1.82) is 0 Å². The van der Waals surface area contributed by atoms with E-state index < -0.39 is 0 Å². The quantitative estimate of drug-likeness (QED) is 0.658. The smallest absolute Gasteiger partial charge is 0.201 e. The summed E-state index contributed by atoms with van der Waals surface area (Å²) in [4.78, 5) is 12.1. The van der Waals surface area contributed by atoms with Crippen LogP contribution in [0.4, 0.5) is 11.8 Å². The van der Waals surface area contributed by atoms with Gasteiger partial charge in [-0.1, -0.05) is 25.1 Å². The fourth-order valence-corrected chi connectivity index (χ4v) is 2.05. The molecule has 5 heteroatoms. The molecule has 92 valence electrons. The summed E-state index contributed by atoms with van der Waals surface area (Å²) in [6.45, 7) is 2.99. The molecule has 0 bridgehead atoms. The molecular formula is C13H15N5. The van der Waals surface area contributed by atoms with Crippen LogP contribution in [0.1, 0.15) is 13.3 Å². The lowest BCUT2D eigenvalue weighted by atomic mass is 10.2. The molecule has 0 spiro atoms. The second kappa shape index (κ2) is 4.18. The summed E-state index contributed by atoms with van der Waals surface area (Å²) in [6.07, 6.45) is 1.05. The first-order chi connectivity index (χ1) is 8.79. The summed E-state index contributed by atoms with van der Waals surface area (Å²) >= 11 is 0. The number of nitrogens with zero attached hydrogens (tertiary/aromatic N) is 2. The van der Waals surface area contributed by atoms with Gasteiger partial charge in [0.15, 0.2) is 5.82 Å². The zero-order chi connectivity index (χ0) is 12.5. The number of aromatic nitrogens is 3. The number of anilines is 2. The van der Waals surface area contributed by atoms with Crippen molar-refractivity contribution < 1.29 is 0 Å². The molecule has 18 heavy (non-hydrogen) atoms. The fraction of sp³-hybridized carbons (Fsp3) is 0.231. The third-order valence-corrected chi connectivity index (χ3v) is 2.90. The summed E-state index contributed by atoms with van der Waals surface area (Å²) in [6, 6.07) is 7.91. The zero-order valence-corrected chi connectivity index (χ0v) is 10.2. The van der Waals surface area contributed by atoms with Gasteiger partial charge in [0.05, 0.1) is 11.0 Å². The number of nitrogens with two attached hydrogens (primary N) is 1. The summed E-state index contributed by atoms with van der Waals surface area (Å²) in [5, 5.41) is 4.27. The summed E-state index contributed by atoms with van der Waals surface area (Å²) in [5.74, 6) is 1.21. The topological polar surface area (TPSA) is 79.6 Å². The van der Waals surface area contributed by atoms with Crippen LogP contribution in [0.15, 0.2) is 24.3 Å². The van der Waals surface area contributed by atoms with Crippen LogP contribution in [0.25, 0.3) is 21.9 Å². The number of aromatic amines is 1. The van der Waals surface area contributed by atoms with E-state index in [0.717, 1.165) is 40.9 Å². The molecule has 0 aliphatic carbocycles. The largest absolute Gasteiger partial charge is 0.382 e. The van der Waals surface area contributed by atoms with Gasteiger partial charge in [-0.15, -0.1) is 0 Å². The van der Waals surface area contributed by atoms with Crippen molar-refractivity contribution in [2.75, 3.05) is 17.6 Å². The van der Waals surface area contributed by atoms with Crippen LogP contribution in [0.2, 0.25) is 0 Å². The standard InChI is InChI=1S/C13H15N5/c1-2-7-15-13-17-10-8-5-3-4-6-9(8)16-12(14)11(10)18-13/h3-6H,2,7H2,1H3,(H2,14,16)(H2,15,17,18). The average molecular weight is 241 g/mol. The normalized spacial score (nSPS) is 11.2. The van der Waals surface area contributed by atoms with Crippen LogP contribution >= 0.6 is 0 Å². The van der Waals surface area contributed by atoms with Gasteiger partial charge in [0.1, 0.15) is 5.52 Å². The Labute approximate surface area is 104 Å². The van der Waals surface area contributed by atoms with Gasteiger partial charge in [0.25, 0.3) is 0 Å². The van der Waals surface area contributed by atoms with E-state index in [2.05, 4.69) is 27.2 Å². The number of nitrogens with one attached hydrogen (secondary N) is 2. The van der Waals surface area contributed by atoms with Gasteiger partial charge in [-0.3, -0.25) is 0 Å². The predicted octanol–water partition coefficient (Wildman–Crippen LogP) is 2.52. The number of H-pyrrole nitrogens is 1. The van der Waals surface area contributed by atoms with Crippen LogP contribution in [0.3, 0.4) is 0 Å². The second-order valence-electron chi connectivity index (χ2n) is 4.25. The third kappa shape index (κ3) is 1.64. The highest BCUT2D eigenvalue weighted by atomic mass is 15.1. The molecule has 2 heterocycles. The number of rotatable bonds is 3. The molecular weight excluding hydrogens is 226 g/mol. The molecule has 0 saturated heterocycles. The number of hydrogen-bond donors (Lipinski definition) is 3. The van der Waals surface area contributed by atoms with Crippen LogP contribution in [-0.4, -0.2) is 21.5 Å². The molecule has 0 aliphatic heterocycles. The minimum atomic E-state index is 0.462. The lowest BCUT2D eigenvalue weighted by Gasteiger charge is -1.99. The molecule has 5 nitrogen and oxygen atoms in total. The maximum Gasteiger partial charge on any atom is 0.201 e. The lowest BCUT2D eigenvalue weighted by Crippen LogP contribution is -2.00. The highest BCUT2D eigenvalue weighted by Gasteiger charge is 2.10. The first-order valence-electron chi connectivity index (χ1n) is 6.07. The number of fused-ring (bicyclic) bond motifs is 3. The van der Waals surface area contributed by atoms with Gasteiger partial charge in [0, 0.05) is 11.9 Å². The van der Waals surface area contributed by atoms with Crippen molar-refractivity contribution in [2.45, 2.75) is 13.3 Å². The van der Waals surface area contributed by atoms with Gasteiger partial charge < -0.3 is 16.0 Å². The predicted molar refractivity (Wildman–Crippen MR) is 74.6 cm³/mol. The van der Waals surface area contributed by atoms with E-state index in [4.69, 9.17) is 5.73 Å². The summed E-state index contributed by atoms with van der Waals surface area (Å²) in [5.41, 5.74) is 8.50. The monoisotopic (exact) mass is 241 g/mol. The SMILES string of the molecule is CCCNc1nc2c(N)nc3ccccc3c2[nH]1. The first-order valence-corrected chi connectivity index (χ1v) is 6.07. The van der Waals surface area contributed by atoms with Crippen molar-refractivity contribution in [3.8, 4) is 0 Å². The van der Waals surface area contributed by atoms with Crippen molar-refractivity contribution in [3.63, 3.8) is 0 Å². The molecule has 0 aliphatic rings. The Balaban J connectivity index is 2.24. The first kappa shape index (κ1) is 10.8. The van der Waals surface area contributed by atoms with Crippen molar-refractivity contribution >= 4 is 33.7 Å². The van der Waals surface area contributed by atoms with Crippen molar-refractivity contribution in [3.05, 3.63) is 24.3 Å². The molecule has 0 fully saturated rings. The number of nitrogen functional groups attached to an aromatic ring is 1. The molecule has 0 atom stereocenters. The molecule has 0 saturated carbocycles. The molecule has 2 aromatic heterocycles. The molecule has 3 aromatic rings. The minimum absolute atomic E-state index is 0.462. The number of hydrogen-bond acceptors (Lipinski definition) is 4. The van der Waals surface area contributed by atoms with E-state index in [0.29, 0.717) is 5.82 Å². The number of para-hydroxylation sites is 1. The van der Waals surface area contributed by atoms with Gasteiger partial charge >= 0.3 is 0 Å². The van der Waals surface area contributed by atoms with Crippen molar-refractivity contribution in [1.82, 2.24) is 15.0 Å². The van der Waals surface area contributed by atoms with Crippen molar-refractivity contribution in [2.24, 2.45) is 0 Å². The Hall–Kier alpha value is -2.30. The fourth-order valence-electron chi connectivity index (χ4n) is 2.05. The Morgan fingerprint density at radius 3 is 2.94 bits per heavy atom. The third-order valence-electron chi connectivity index (χ3n) is 2.90. The Morgan fingerprint density at radius 2 is 2.11 bits per heavy atom. The van der Waals surface area contributed by atoms with Gasteiger partial charge in [-0.05, 0) is 12.5 Å². The summed E-state index contributed by atoms with van der Waals surface area (Å²) < 4.78 is 0. The Morgan fingerprint density at radius 1 is 1.28 bits per heavy atom. The lowest BCUT2D eigenvalue weighted by molar-refractivity contribution is 0.964. The van der Waals surface area contributed by atoms with E-state index in [1.807, 2.05) is 24.3 Å². The van der Waals surface area contributed by atoms with Crippen LogP contribution < -0.4 is 11.1 Å². The Bertz CT molecular complexity index is 701. The molecule has 0 amide bonds. The van der Waals surface area contributed by atoms with Crippen LogP contribution in [0.5, 0.6) is 0 Å². The number of benzene rings is 1. The van der Waals surface area contributed by atoms with E-state index in [-0.39, 0.29) is 0 Å².